The highest BCUT2D eigenvalue weighted by Gasteiger charge is 2.26. The summed E-state index contributed by atoms with van der Waals surface area (Å²) in [4.78, 5) is 1.74. The molecule has 0 radical (unpaired) electrons. The highest BCUT2D eigenvalue weighted by Crippen LogP contribution is 2.38. The van der Waals surface area contributed by atoms with Crippen molar-refractivity contribution in [2.75, 3.05) is 18.4 Å². The third kappa shape index (κ3) is 3.11. The van der Waals surface area contributed by atoms with Crippen LogP contribution in [0.5, 0.6) is 5.75 Å². The highest BCUT2D eigenvalue weighted by atomic mass is 35.5. The Hall–Kier alpha value is -1.18. The lowest BCUT2D eigenvalue weighted by Crippen LogP contribution is -2.36. The van der Waals surface area contributed by atoms with Crippen molar-refractivity contribution in [3.05, 3.63) is 22.2 Å². The maximum Gasteiger partial charge on any atom is 0.431 e. The molecule has 9 heteroatoms. The van der Waals surface area contributed by atoms with Crippen LogP contribution in [0.1, 0.15) is 13.8 Å². The van der Waals surface area contributed by atoms with Crippen LogP contribution >= 0.6 is 23.2 Å². The van der Waals surface area contributed by atoms with Crippen LogP contribution in [0.4, 0.5) is 5.69 Å². The molecule has 20 heavy (non-hydrogen) atoms. The minimum Gasteiger partial charge on any atom is -0.362 e. The van der Waals surface area contributed by atoms with Gasteiger partial charge in [0.2, 0.25) is 5.96 Å². The van der Waals surface area contributed by atoms with Crippen molar-refractivity contribution in [3.63, 3.8) is 0 Å². The summed E-state index contributed by atoms with van der Waals surface area (Å²) in [5.41, 5.74) is 0.356. The Kier molecular flexibility index (Phi) is 4.31. The lowest BCUT2D eigenvalue weighted by atomic mass is 10.3. The number of halogens is 2. The lowest BCUT2D eigenvalue weighted by molar-refractivity contribution is 0.462. The van der Waals surface area contributed by atoms with Crippen LogP contribution in [0, 0.1) is 0 Å². The van der Waals surface area contributed by atoms with E-state index in [1.807, 2.05) is 13.8 Å². The summed E-state index contributed by atoms with van der Waals surface area (Å²) < 4.78 is 32.2. The predicted octanol–water partition coefficient (Wildman–Crippen LogP) is 2.74. The molecule has 110 valence electrons. The number of hydrogen-bond donors (Lipinski definition) is 1. The van der Waals surface area contributed by atoms with Crippen LogP contribution in [0.25, 0.3) is 0 Å². The zero-order valence-electron chi connectivity index (χ0n) is 10.9. The number of guanidine groups is 1. The zero-order chi connectivity index (χ0) is 14.9. The summed E-state index contributed by atoms with van der Waals surface area (Å²) in [6, 6.07) is 2.93. The second-order valence-electron chi connectivity index (χ2n) is 3.99. The number of nitrogens with zero attached hydrogens (tertiary/aromatic N) is 2. The second kappa shape index (κ2) is 5.67. The molecular formula is C11H13Cl2N3O3S. The maximum atomic E-state index is 11.8. The van der Waals surface area contributed by atoms with Gasteiger partial charge in [0.1, 0.15) is 0 Å². The third-order valence-corrected chi connectivity index (χ3v) is 3.98. The van der Waals surface area contributed by atoms with Gasteiger partial charge >= 0.3 is 10.3 Å². The fourth-order valence-corrected chi connectivity index (χ4v) is 3.15. The summed E-state index contributed by atoms with van der Waals surface area (Å²) in [6.07, 6.45) is 0. The topological polar surface area (TPSA) is 71.0 Å². The van der Waals surface area contributed by atoms with Crippen LogP contribution in [-0.2, 0) is 10.3 Å². The maximum absolute atomic E-state index is 11.8. The van der Waals surface area contributed by atoms with Crippen LogP contribution in [0.3, 0.4) is 0 Å². The number of hydrogen-bond acceptors (Lipinski definition) is 5. The summed E-state index contributed by atoms with van der Waals surface area (Å²) in [5.74, 6) is 0.161. The van der Waals surface area contributed by atoms with E-state index in [4.69, 9.17) is 27.4 Å². The Morgan fingerprint density at radius 2 is 1.95 bits per heavy atom. The fraction of sp³-hybridized carbons (Fsp3) is 0.364. The molecule has 6 nitrogen and oxygen atoms in total. The van der Waals surface area contributed by atoms with E-state index in [0.717, 1.165) is 0 Å². The van der Waals surface area contributed by atoms with E-state index in [0.29, 0.717) is 23.8 Å². The van der Waals surface area contributed by atoms with Crippen LogP contribution in [0.15, 0.2) is 16.5 Å². The Morgan fingerprint density at radius 1 is 1.30 bits per heavy atom. The van der Waals surface area contributed by atoms with E-state index < -0.39 is 10.3 Å². The normalized spacial score (nSPS) is 16.3. The largest absolute Gasteiger partial charge is 0.431 e. The zero-order valence-corrected chi connectivity index (χ0v) is 13.2. The van der Waals surface area contributed by atoms with Crippen molar-refractivity contribution in [1.82, 2.24) is 4.90 Å². The molecule has 0 aromatic heterocycles. The molecular weight excluding hydrogens is 325 g/mol. The van der Waals surface area contributed by atoms with Gasteiger partial charge in [-0.1, -0.05) is 27.6 Å². The summed E-state index contributed by atoms with van der Waals surface area (Å²) in [6.45, 7) is 4.94. The van der Waals surface area contributed by atoms with Crippen molar-refractivity contribution in [1.29, 1.82) is 0 Å². The Bertz CT molecular complexity index is 657. The van der Waals surface area contributed by atoms with Gasteiger partial charge in [-0.15, -0.1) is 0 Å². The molecule has 0 bridgehead atoms. The molecule has 1 aromatic carbocycles. The van der Waals surface area contributed by atoms with Gasteiger partial charge in [0.15, 0.2) is 5.75 Å². The molecule has 1 N–H and O–H groups in total. The van der Waals surface area contributed by atoms with Gasteiger partial charge in [-0.3, -0.25) is 0 Å². The van der Waals surface area contributed by atoms with E-state index in [1.165, 1.54) is 12.1 Å². The number of nitrogens with one attached hydrogen (secondary N) is 1. The molecule has 1 aliphatic rings. The Balaban J connectivity index is 2.57. The average Bonchev–Trinajstić information content (AvgIpc) is 2.47. The van der Waals surface area contributed by atoms with E-state index in [1.54, 1.807) is 4.90 Å². The summed E-state index contributed by atoms with van der Waals surface area (Å²) >= 11 is 11.9. The minimum absolute atomic E-state index is 0.0121. The van der Waals surface area contributed by atoms with Crippen molar-refractivity contribution in [2.24, 2.45) is 4.40 Å². The molecule has 0 saturated carbocycles. The molecule has 2 rings (SSSR count). The van der Waals surface area contributed by atoms with E-state index in [2.05, 4.69) is 9.71 Å². The summed E-state index contributed by atoms with van der Waals surface area (Å²) in [7, 11) is -4.13. The second-order valence-corrected chi connectivity index (χ2v) is 6.04. The highest BCUT2D eigenvalue weighted by molar-refractivity contribution is 7.86. The van der Waals surface area contributed by atoms with Gasteiger partial charge in [-0.2, -0.15) is 8.42 Å². The van der Waals surface area contributed by atoms with Gasteiger partial charge in [-0.05, 0) is 26.0 Å². The summed E-state index contributed by atoms with van der Waals surface area (Å²) in [5, 5.41) is 3.36. The van der Waals surface area contributed by atoms with E-state index >= 15 is 0 Å². The van der Waals surface area contributed by atoms with Gasteiger partial charge in [0.05, 0.1) is 10.7 Å². The average molecular weight is 338 g/mol. The van der Waals surface area contributed by atoms with Crippen molar-refractivity contribution < 1.29 is 12.6 Å². The van der Waals surface area contributed by atoms with E-state index in [9.17, 15) is 8.42 Å². The third-order valence-electron chi connectivity index (χ3n) is 2.70. The van der Waals surface area contributed by atoms with Gasteiger partial charge in [0, 0.05) is 18.1 Å². The molecule has 0 unspecified atom stereocenters. The number of benzene rings is 1. The number of anilines is 1. The first-order valence-corrected chi connectivity index (χ1v) is 8.03. The van der Waals surface area contributed by atoms with Crippen LogP contribution in [-0.4, -0.2) is 32.4 Å². The molecule has 0 spiro atoms. The number of fused-ring (bicyclic) bond motifs is 1. The first-order valence-electron chi connectivity index (χ1n) is 5.91. The molecule has 0 atom stereocenters. The SMILES string of the molecule is CCN(CC)C1=NS(=O)(=O)Oc2c(Cl)cc(Cl)cc2N1. The fourth-order valence-electron chi connectivity index (χ4n) is 1.77. The van der Waals surface area contributed by atoms with Gasteiger partial charge in [0.25, 0.3) is 0 Å². The Labute approximate surface area is 127 Å². The van der Waals surface area contributed by atoms with Crippen LogP contribution in [0.2, 0.25) is 10.0 Å². The van der Waals surface area contributed by atoms with Crippen molar-refractivity contribution >= 4 is 45.2 Å². The first-order chi connectivity index (χ1) is 9.36. The quantitative estimate of drug-likeness (QED) is 0.898. The minimum atomic E-state index is -4.13. The monoisotopic (exact) mass is 337 g/mol. The molecule has 1 heterocycles. The first kappa shape index (κ1) is 15.2. The predicted molar refractivity (Wildman–Crippen MR) is 80.0 cm³/mol. The van der Waals surface area contributed by atoms with Gasteiger partial charge < -0.3 is 14.4 Å². The van der Waals surface area contributed by atoms with E-state index in [-0.39, 0.29) is 16.7 Å². The molecule has 0 fully saturated rings. The van der Waals surface area contributed by atoms with Crippen molar-refractivity contribution in [3.8, 4) is 5.75 Å². The van der Waals surface area contributed by atoms with Crippen LogP contribution < -0.4 is 9.50 Å². The van der Waals surface area contributed by atoms with Gasteiger partial charge in [-0.25, -0.2) is 0 Å². The van der Waals surface area contributed by atoms with Crippen molar-refractivity contribution in [2.45, 2.75) is 13.8 Å². The lowest BCUT2D eigenvalue weighted by Gasteiger charge is -2.22. The number of rotatable bonds is 2. The molecule has 0 aliphatic carbocycles. The Morgan fingerprint density at radius 3 is 2.55 bits per heavy atom. The molecule has 0 saturated heterocycles. The molecule has 1 aromatic rings. The standard InChI is InChI=1S/C11H13Cl2N3O3S/c1-3-16(4-2)11-14-9-6-7(12)5-8(13)10(9)19-20(17,18)15-11/h5-6H,3-4H2,1-2H3,(H,14,15). The molecule has 1 aliphatic heterocycles. The smallest absolute Gasteiger partial charge is 0.362 e. The molecule has 0 amide bonds.